The monoisotopic (exact) mass is 1350 g/mol. The number of phosphoric ester groups is 1. The standard InChI is InChI=1S/C57H105N8O24PS/c1-3-17-46(70)59-23-12-7-20-41(56(78)64-39(54(58)76)18-5-10-24-60-47(71)21-8-14-27-85-50-34-42(68)52(74)44(36-66)88-50)65-55(77)40(19-6-11-25-61-48(72)22-9-15-28-86-51-35-43(69)53(75)45(37-67)89-51)63-49(73)38-84-32-31-83-30-26-62-57(79)91-33-16-4-13-29-87-90(80,81)82-2/h39-45,50-53,66-69,74-75H,3-38H2,1-2H3,(H2,58,76)(H,59,70)(H,60,71)(H,61,72)(H,62,79)(H,63,73)(H,64,78)(H,65,77)(H,80,81)/t39-,40-,41-,42+,43+,44+,45+,50+,51+,52+,53+/m0/s1. The molecule has 0 aromatic heterocycles. The first-order valence-corrected chi connectivity index (χ1v) is 34.2. The van der Waals surface area contributed by atoms with E-state index in [0.29, 0.717) is 109 Å². The smallest absolute Gasteiger partial charge is 0.394 e. The molecule has 0 spiro atoms. The SMILES string of the molecule is CCCC(=O)NCCCC[C@H](NC(=O)[C@H](CCCCNC(=O)CCCCO[C@H]1C[C@@H](O)[C@@H](O)[C@@H](CO)O1)NC(=O)COCCOCCNC(=O)SCCCCCOP(=O)(O)OC)C(=O)N[C@@H](CCCCNC(=O)CCCCO[C@H]1C[C@@H](O)[C@@H](O)[C@@H](CO)O1)C(N)=O. The predicted octanol–water partition coefficient (Wildman–Crippen LogP) is -0.973. The summed E-state index contributed by atoms with van der Waals surface area (Å²) in [5.74, 6) is -3.02. The minimum absolute atomic E-state index is 0.0182. The highest BCUT2D eigenvalue weighted by Crippen LogP contribution is 2.42. The normalized spacial score (nSPS) is 21.5. The number of carbonyl (C=O) groups is 8. The summed E-state index contributed by atoms with van der Waals surface area (Å²) in [5, 5.41) is 77.6. The van der Waals surface area contributed by atoms with Gasteiger partial charge in [-0.05, 0) is 103 Å². The molecular weight excluding hydrogens is 1240 g/mol. The first-order valence-electron chi connectivity index (χ1n) is 31.7. The maximum absolute atomic E-state index is 14.2. The van der Waals surface area contributed by atoms with E-state index in [4.69, 9.17) is 38.7 Å². The average molecular weight is 1350 g/mol. The summed E-state index contributed by atoms with van der Waals surface area (Å²) < 4.78 is 53.6. The molecule has 32 nitrogen and oxygen atoms in total. The van der Waals surface area contributed by atoms with Crippen LogP contribution in [-0.2, 0) is 75.6 Å². The van der Waals surface area contributed by atoms with Crippen molar-refractivity contribution in [3.63, 3.8) is 0 Å². The van der Waals surface area contributed by atoms with Crippen molar-refractivity contribution in [2.75, 3.05) is 98.5 Å². The third-order valence-corrected chi connectivity index (χ3v) is 16.3. The fourth-order valence-corrected chi connectivity index (χ4v) is 10.4. The molecule has 2 aliphatic rings. The van der Waals surface area contributed by atoms with Crippen LogP contribution in [0.15, 0.2) is 0 Å². The van der Waals surface area contributed by atoms with Gasteiger partial charge in [-0.25, -0.2) is 4.57 Å². The van der Waals surface area contributed by atoms with Crippen LogP contribution in [0.2, 0.25) is 0 Å². The second kappa shape index (κ2) is 50.2. The number of unbranched alkanes of at least 4 members (excludes halogenated alkanes) is 7. The van der Waals surface area contributed by atoms with E-state index in [1.165, 1.54) is 0 Å². The lowest BCUT2D eigenvalue weighted by molar-refractivity contribution is -0.257. The summed E-state index contributed by atoms with van der Waals surface area (Å²) in [6.07, 6.45) is -0.520. The third-order valence-electron chi connectivity index (χ3n) is 14.4. The average Bonchev–Trinajstić information content (AvgIpc) is 1.34. The minimum Gasteiger partial charge on any atom is -0.394 e. The first-order chi connectivity index (χ1) is 43.6. The first kappa shape index (κ1) is 82.8. The summed E-state index contributed by atoms with van der Waals surface area (Å²) in [7, 11) is -2.94. The second-order valence-corrected chi connectivity index (χ2v) is 24.6. The predicted molar refractivity (Wildman–Crippen MR) is 329 cm³/mol. The number of carbonyl (C=O) groups excluding carboxylic acids is 8. The van der Waals surface area contributed by atoms with Crippen LogP contribution in [0, 0.1) is 0 Å². The lowest BCUT2D eigenvalue weighted by atomic mass is 10.0. The second-order valence-electron chi connectivity index (χ2n) is 22.0. The molecule has 12 atom stereocenters. The molecule has 2 fully saturated rings. The number of nitrogens with one attached hydrogen (secondary N) is 7. The number of primary amides is 1. The Morgan fingerprint density at radius 1 is 0.549 bits per heavy atom. The van der Waals surface area contributed by atoms with Gasteiger partial charge in [0.1, 0.15) is 49.1 Å². The van der Waals surface area contributed by atoms with Crippen molar-refractivity contribution in [1.82, 2.24) is 37.2 Å². The molecule has 0 radical (unpaired) electrons. The number of ether oxygens (including phenoxy) is 6. The van der Waals surface area contributed by atoms with Crippen molar-refractivity contribution in [2.24, 2.45) is 5.73 Å². The Morgan fingerprint density at radius 2 is 1.02 bits per heavy atom. The quantitative estimate of drug-likeness (QED) is 0.0257. The van der Waals surface area contributed by atoms with Crippen molar-refractivity contribution >= 4 is 66.2 Å². The Balaban J connectivity index is 1.97. The van der Waals surface area contributed by atoms with E-state index in [1.807, 2.05) is 6.92 Å². The van der Waals surface area contributed by atoms with E-state index in [9.17, 15) is 78.5 Å². The number of rotatable bonds is 53. The van der Waals surface area contributed by atoms with Gasteiger partial charge in [0.15, 0.2) is 12.6 Å². The number of aliphatic hydroxyl groups is 6. The van der Waals surface area contributed by atoms with Gasteiger partial charge in [0.25, 0.3) is 5.24 Å². The van der Waals surface area contributed by atoms with E-state index >= 15 is 0 Å². The number of amides is 8. The maximum atomic E-state index is 14.2. The molecule has 1 unspecified atom stereocenters. The number of nitrogens with two attached hydrogens (primary N) is 1. The number of aliphatic hydroxyl groups excluding tert-OH is 6. The van der Waals surface area contributed by atoms with E-state index in [-0.39, 0.29) is 127 Å². The molecule has 0 saturated carbocycles. The van der Waals surface area contributed by atoms with Crippen LogP contribution in [0.25, 0.3) is 0 Å². The van der Waals surface area contributed by atoms with E-state index in [1.54, 1.807) is 0 Å². The molecule has 0 aliphatic carbocycles. The molecule has 2 rings (SSSR count). The lowest BCUT2D eigenvalue weighted by Gasteiger charge is -2.36. The molecule has 0 bridgehead atoms. The van der Waals surface area contributed by atoms with Gasteiger partial charge in [-0.1, -0.05) is 25.1 Å². The number of hydrogen-bond donors (Lipinski definition) is 15. The van der Waals surface area contributed by atoms with Gasteiger partial charge < -0.3 is 107 Å². The van der Waals surface area contributed by atoms with Gasteiger partial charge in [0.05, 0.1) is 51.8 Å². The highest BCUT2D eigenvalue weighted by Gasteiger charge is 2.38. The minimum atomic E-state index is -4.02. The Morgan fingerprint density at radius 3 is 1.52 bits per heavy atom. The summed E-state index contributed by atoms with van der Waals surface area (Å²) in [5.41, 5.74) is 5.75. The molecule has 34 heteroatoms. The number of hydrogen-bond acceptors (Lipinski definition) is 24. The molecule has 8 amide bonds. The van der Waals surface area contributed by atoms with Crippen molar-refractivity contribution in [2.45, 2.75) is 216 Å². The molecular formula is C57H105N8O24PS. The largest absolute Gasteiger partial charge is 0.471 e. The summed E-state index contributed by atoms with van der Waals surface area (Å²) >= 11 is 1.08. The van der Waals surface area contributed by atoms with E-state index in [0.717, 1.165) is 18.9 Å². The third kappa shape index (κ3) is 39.3. The highest BCUT2D eigenvalue weighted by molar-refractivity contribution is 8.13. The van der Waals surface area contributed by atoms with Gasteiger partial charge in [0.2, 0.25) is 41.4 Å². The van der Waals surface area contributed by atoms with Crippen LogP contribution in [0.5, 0.6) is 0 Å². The Kier molecular flexibility index (Phi) is 45.7. The van der Waals surface area contributed by atoms with Crippen molar-refractivity contribution < 1.29 is 116 Å². The molecule has 0 aromatic carbocycles. The van der Waals surface area contributed by atoms with Crippen LogP contribution in [-0.4, -0.2) is 248 Å². The molecule has 2 aliphatic heterocycles. The maximum Gasteiger partial charge on any atom is 0.471 e. The number of thioether (sulfide) groups is 1. The molecule has 2 saturated heterocycles. The van der Waals surface area contributed by atoms with Crippen molar-refractivity contribution in [3.05, 3.63) is 0 Å². The molecule has 16 N–H and O–H groups in total. The van der Waals surface area contributed by atoms with Gasteiger partial charge >= 0.3 is 7.82 Å². The van der Waals surface area contributed by atoms with Gasteiger partial charge in [0, 0.05) is 84.4 Å². The lowest BCUT2D eigenvalue weighted by Crippen LogP contribution is -2.56. The highest BCUT2D eigenvalue weighted by atomic mass is 32.2. The molecule has 0 aromatic rings. The summed E-state index contributed by atoms with van der Waals surface area (Å²) in [4.78, 5) is 113. The molecule has 91 heavy (non-hydrogen) atoms. The van der Waals surface area contributed by atoms with Crippen LogP contribution < -0.4 is 43.0 Å². The molecule has 2 heterocycles. The van der Waals surface area contributed by atoms with Crippen LogP contribution in [0.1, 0.15) is 148 Å². The van der Waals surface area contributed by atoms with E-state index in [2.05, 4.69) is 41.7 Å². The van der Waals surface area contributed by atoms with Crippen LogP contribution in [0.4, 0.5) is 4.79 Å². The van der Waals surface area contributed by atoms with Gasteiger partial charge in [-0.15, -0.1) is 0 Å². The summed E-state index contributed by atoms with van der Waals surface area (Å²) in [6.45, 7) is 2.11. The zero-order valence-electron chi connectivity index (χ0n) is 52.8. The van der Waals surface area contributed by atoms with Crippen LogP contribution in [0.3, 0.4) is 0 Å². The molecule has 528 valence electrons. The zero-order chi connectivity index (χ0) is 67.2. The Bertz CT molecular complexity index is 2140. The van der Waals surface area contributed by atoms with Crippen molar-refractivity contribution in [1.29, 1.82) is 0 Å². The summed E-state index contributed by atoms with van der Waals surface area (Å²) in [6, 6.07) is -3.59. The fraction of sp³-hybridized carbons (Fsp3) is 0.860. The Labute approximate surface area is 537 Å². The van der Waals surface area contributed by atoms with Crippen LogP contribution >= 0.6 is 19.6 Å². The fourth-order valence-electron chi connectivity index (χ4n) is 9.19. The van der Waals surface area contributed by atoms with Gasteiger partial charge in [-0.3, -0.25) is 47.4 Å². The van der Waals surface area contributed by atoms with E-state index < -0.39 is 119 Å². The topological polar surface area (TPSA) is 479 Å². The Hall–Kier alpha value is -4.26. The zero-order valence-corrected chi connectivity index (χ0v) is 54.5. The number of phosphoric acid groups is 1. The van der Waals surface area contributed by atoms with Crippen molar-refractivity contribution in [3.8, 4) is 0 Å². The van der Waals surface area contributed by atoms with Gasteiger partial charge in [-0.2, -0.15) is 0 Å².